The minimum absolute atomic E-state index is 0.0170. The van der Waals surface area contributed by atoms with Crippen LogP contribution in [-0.2, 0) is 10.2 Å². The fourth-order valence-electron chi connectivity index (χ4n) is 4.18. The number of furan rings is 1. The predicted octanol–water partition coefficient (Wildman–Crippen LogP) is 6.11. The predicted molar refractivity (Wildman–Crippen MR) is 125 cm³/mol. The van der Waals surface area contributed by atoms with E-state index in [2.05, 4.69) is 20.8 Å². The van der Waals surface area contributed by atoms with Crippen molar-refractivity contribution in [2.24, 2.45) is 0 Å². The molecule has 0 saturated carbocycles. The summed E-state index contributed by atoms with van der Waals surface area (Å²) >= 11 is 0. The van der Waals surface area contributed by atoms with Crippen LogP contribution in [0.4, 0.5) is 0 Å². The summed E-state index contributed by atoms with van der Waals surface area (Å²) < 4.78 is 5.77. The van der Waals surface area contributed by atoms with Crippen molar-refractivity contribution >= 4 is 22.7 Å². The monoisotopic (exact) mass is 431 g/mol. The molecule has 5 heteroatoms. The Morgan fingerprint density at radius 2 is 1.78 bits per heavy atom. The van der Waals surface area contributed by atoms with Crippen molar-refractivity contribution in [3.05, 3.63) is 82.8 Å². The number of rotatable bonds is 6. The second-order valence-corrected chi connectivity index (χ2v) is 9.37. The van der Waals surface area contributed by atoms with Crippen molar-refractivity contribution in [3.8, 4) is 0 Å². The van der Waals surface area contributed by atoms with Crippen molar-refractivity contribution in [1.29, 1.82) is 0 Å². The number of ketones is 1. The first-order valence-electron chi connectivity index (χ1n) is 11.1. The SMILES string of the molecule is CCCCN1C(=O)C(O)=C(C(=O)c2cc3ccccc3o2)C1c1ccc(C(C)(C)C)cc1. The van der Waals surface area contributed by atoms with E-state index in [1.165, 1.54) is 0 Å². The van der Waals surface area contributed by atoms with Gasteiger partial charge < -0.3 is 14.4 Å². The van der Waals surface area contributed by atoms with Gasteiger partial charge in [0.05, 0.1) is 11.6 Å². The van der Waals surface area contributed by atoms with Gasteiger partial charge in [0.1, 0.15) is 5.58 Å². The van der Waals surface area contributed by atoms with Crippen LogP contribution in [0.1, 0.15) is 68.3 Å². The first kappa shape index (κ1) is 21.9. The molecular weight excluding hydrogens is 402 g/mol. The van der Waals surface area contributed by atoms with Gasteiger partial charge in [-0.15, -0.1) is 0 Å². The Morgan fingerprint density at radius 1 is 1.09 bits per heavy atom. The van der Waals surface area contributed by atoms with E-state index >= 15 is 0 Å². The van der Waals surface area contributed by atoms with Gasteiger partial charge in [-0.2, -0.15) is 0 Å². The topological polar surface area (TPSA) is 70.8 Å². The normalized spacial score (nSPS) is 16.9. The molecule has 1 unspecified atom stereocenters. The second-order valence-electron chi connectivity index (χ2n) is 9.37. The van der Waals surface area contributed by atoms with Gasteiger partial charge in [0.15, 0.2) is 11.5 Å². The van der Waals surface area contributed by atoms with Crippen LogP contribution in [0.3, 0.4) is 0 Å². The van der Waals surface area contributed by atoms with E-state index in [0.29, 0.717) is 12.1 Å². The maximum absolute atomic E-state index is 13.5. The van der Waals surface area contributed by atoms with Gasteiger partial charge in [-0.3, -0.25) is 9.59 Å². The Kier molecular flexibility index (Phi) is 5.68. The van der Waals surface area contributed by atoms with Gasteiger partial charge in [0.2, 0.25) is 5.78 Å². The van der Waals surface area contributed by atoms with Crippen LogP contribution in [-0.4, -0.2) is 28.2 Å². The zero-order valence-corrected chi connectivity index (χ0v) is 19.0. The number of para-hydroxylation sites is 1. The first-order chi connectivity index (χ1) is 15.2. The molecule has 5 nitrogen and oxygen atoms in total. The first-order valence-corrected chi connectivity index (χ1v) is 11.1. The standard InChI is InChI=1S/C27H29NO4/c1-5-6-15-28-23(17-11-13-19(14-12-17)27(2,3)4)22(25(30)26(28)31)24(29)21-16-18-9-7-8-10-20(18)32-21/h7-14,16,23,30H,5-6,15H2,1-4H3. The van der Waals surface area contributed by atoms with Gasteiger partial charge in [-0.1, -0.05) is 76.6 Å². The fourth-order valence-corrected chi connectivity index (χ4v) is 4.18. The van der Waals surface area contributed by atoms with Crippen molar-refractivity contribution in [3.63, 3.8) is 0 Å². The van der Waals surface area contributed by atoms with E-state index in [0.717, 1.165) is 29.4 Å². The summed E-state index contributed by atoms with van der Waals surface area (Å²) in [7, 11) is 0. The molecule has 32 heavy (non-hydrogen) atoms. The zero-order valence-electron chi connectivity index (χ0n) is 19.0. The summed E-state index contributed by atoms with van der Waals surface area (Å²) in [4.78, 5) is 28.1. The van der Waals surface area contributed by atoms with E-state index in [1.54, 1.807) is 17.0 Å². The number of unbranched alkanes of at least 4 members (excludes halogenated alkanes) is 1. The summed E-state index contributed by atoms with van der Waals surface area (Å²) in [6.07, 6.45) is 1.68. The highest BCUT2D eigenvalue weighted by molar-refractivity contribution is 6.16. The molecule has 0 spiro atoms. The molecule has 1 aromatic heterocycles. The van der Waals surface area contributed by atoms with E-state index in [9.17, 15) is 14.7 Å². The minimum Gasteiger partial charge on any atom is -0.503 e. The smallest absolute Gasteiger partial charge is 0.290 e. The molecule has 0 radical (unpaired) electrons. The fraction of sp³-hybridized carbons (Fsp3) is 0.333. The Bertz CT molecular complexity index is 1160. The summed E-state index contributed by atoms with van der Waals surface area (Å²) in [5, 5.41) is 11.6. The largest absolute Gasteiger partial charge is 0.503 e. The van der Waals surface area contributed by atoms with E-state index in [4.69, 9.17) is 4.42 Å². The molecule has 3 aromatic rings. The van der Waals surface area contributed by atoms with Crippen molar-refractivity contribution in [2.75, 3.05) is 6.54 Å². The average molecular weight is 432 g/mol. The molecule has 0 saturated heterocycles. The van der Waals surface area contributed by atoms with Crippen molar-refractivity contribution < 1.29 is 19.1 Å². The molecule has 1 atom stereocenters. The molecule has 4 rings (SSSR count). The maximum atomic E-state index is 13.5. The molecule has 2 heterocycles. The van der Waals surface area contributed by atoms with Crippen LogP contribution in [0.2, 0.25) is 0 Å². The van der Waals surface area contributed by atoms with Crippen LogP contribution in [0.15, 0.2) is 70.3 Å². The zero-order chi connectivity index (χ0) is 23.0. The van der Waals surface area contributed by atoms with Crippen molar-refractivity contribution in [2.45, 2.75) is 52.0 Å². The average Bonchev–Trinajstić information content (AvgIpc) is 3.31. The number of carbonyl (C=O) groups is 2. The number of aliphatic hydroxyl groups excluding tert-OH is 1. The number of amides is 1. The number of aliphatic hydroxyl groups is 1. The molecule has 1 aliphatic rings. The Morgan fingerprint density at radius 3 is 2.41 bits per heavy atom. The van der Waals surface area contributed by atoms with Gasteiger partial charge in [0.25, 0.3) is 5.91 Å². The van der Waals surface area contributed by atoms with Crippen LogP contribution >= 0.6 is 0 Å². The summed E-state index contributed by atoms with van der Waals surface area (Å²) in [6, 6.07) is 16.3. The number of Topliss-reactive ketones (excluding diaryl/α,β-unsaturated/α-hetero) is 1. The second kappa shape index (κ2) is 8.30. The third-order valence-electron chi connectivity index (χ3n) is 6.04. The van der Waals surface area contributed by atoms with Gasteiger partial charge in [0, 0.05) is 11.9 Å². The van der Waals surface area contributed by atoms with Crippen molar-refractivity contribution in [1.82, 2.24) is 4.90 Å². The summed E-state index contributed by atoms with van der Waals surface area (Å²) in [5.41, 5.74) is 2.61. The van der Waals surface area contributed by atoms with Crippen LogP contribution in [0, 0.1) is 0 Å². The van der Waals surface area contributed by atoms with E-state index < -0.39 is 23.5 Å². The minimum atomic E-state index is -0.649. The highest BCUT2D eigenvalue weighted by atomic mass is 16.3. The number of hydrogen-bond acceptors (Lipinski definition) is 4. The number of hydrogen-bond donors (Lipinski definition) is 1. The third kappa shape index (κ3) is 3.83. The van der Waals surface area contributed by atoms with Crippen LogP contribution < -0.4 is 0 Å². The lowest BCUT2D eigenvalue weighted by Gasteiger charge is -2.27. The quantitative estimate of drug-likeness (QED) is 0.478. The Hall–Kier alpha value is -3.34. The van der Waals surface area contributed by atoms with Gasteiger partial charge >= 0.3 is 0 Å². The maximum Gasteiger partial charge on any atom is 0.290 e. The molecular formula is C27H29NO4. The van der Waals surface area contributed by atoms with E-state index in [1.807, 2.05) is 49.4 Å². The number of benzene rings is 2. The molecule has 166 valence electrons. The van der Waals surface area contributed by atoms with Gasteiger partial charge in [-0.25, -0.2) is 0 Å². The lowest BCUT2D eigenvalue weighted by Crippen LogP contribution is -2.32. The molecule has 0 aliphatic carbocycles. The lowest BCUT2D eigenvalue weighted by molar-refractivity contribution is -0.129. The number of fused-ring (bicyclic) bond motifs is 1. The highest BCUT2D eigenvalue weighted by Gasteiger charge is 2.44. The Balaban J connectivity index is 1.78. The summed E-state index contributed by atoms with van der Waals surface area (Å²) in [5.74, 6) is -1.34. The molecule has 1 aliphatic heterocycles. The van der Waals surface area contributed by atoms with Gasteiger partial charge in [-0.05, 0) is 35.1 Å². The molecule has 1 amide bonds. The van der Waals surface area contributed by atoms with Crippen LogP contribution in [0.5, 0.6) is 0 Å². The molecule has 1 N–H and O–H groups in total. The molecule has 0 bridgehead atoms. The third-order valence-corrected chi connectivity index (χ3v) is 6.04. The van der Waals surface area contributed by atoms with E-state index in [-0.39, 0.29) is 16.7 Å². The highest BCUT2D eigenvalue weighted by Crippen LogP contribution is 2.40. The Labute approximate surface area is 188 Å². The number of carbonyl (C=O) groups excluding carboxylic acids is 2. The molecule has 2 aromatic carbocycles. The summed E-state index contributed by atoms with van der Waals surface area (Å²) in [6.45, 7) is 8.91. The molecule has 0 fully saturated rings. The van der Waals surface area contributed by atoms with Crippen LogP contribution in [0.25, 0.3) is 11.0 Å². The number of nitrogens with zero attached hydrogens (tertiary/aromatic N) is 1. The lowest BCUT2D eigenvalue weighted by atomic mass is 9.85.